The van der Waals surface area contributed by atoms with Gasteiger partial charge in [0.15, 0.2) is 0 Å². The van der Waals surface area contributed by atoms with Gasteiger partial charge in [-0.05, 0) is 77.3 Å². The van der Waals surface area contributed by atoms with Gasteiger partial charge in [-0.25, -0.2) is 8.78 Å². The third-order valence-electron chi connectivity index (χ3n) is 4.58. The van der Waals surface area contributed by atoms with Crippen LogP contribution in [-0.4, -0.2) is 12.8 Å². The molecule has 0 fully saturated rings. The van der Waals surface area contributed by atoms with Crippen LogP contribution in [0.3, 0.4) is 0 Å². The molecule has 0 bridgehead atoms. The molecule has 3 aromatic rings. The van der Waals surface area contributed by atoms with E-state index in [1.807, 2.05) is 20.0 Å². The van der Waals surface area contributed by atoms with Crippen LogP contribution in [0.25, 0.3) is 12.2 Å². The molecule has 0 aliphatic heterocycles. The van der Waals surface area contributed by atoms with Crippen molar-refractivity contribution in [1.82, 2.24) is 5.32 Å². The van der Waals surface area contributed by atoms with Crippen LogP contribution in [0, 0.1) is 17.0 Å². The molecule has 0 aliphatic carbocycles. The Labute approximate surface area is 186 Å². The summed E-state index contributed by atoms with van der Waals surface area (Å²) in [6, 6.07) is 9.04. The van der Waals surface area contributed by atoms with E-state index in [0.29, 0.717) is 17.7 Å². The van der Waals surface area contributed by atoms with E-state index in [1.165, 1.54) is 29.8 Å². The van der Waals surface area contributed by atoms with Gasteiger partial charge in [-0.15, -0.1) is 0 Å². The number of rotatable bonds is 7. The fraction of sp³-hybridized carbons (Fsp3) is 0.160. The Morgan fingerprint density at radius 2 is 1.94 bits per heavy atom. The van der Waals surface area contributed by atoms with Gasteiger partial charge in [0.1, 0.15) is 11.6 Å². The van der Waals surface area contributed by atoms with Gasteiger partial charge < -0.3 is 16.5 Å². The predicted octanol–water partition coefficient (Wildman–Crippen LogP) is 6.30. The summed E-state index contributed by atoms with van der Waals surface area (Å²) in [6.07, 6.45) is 5.33. The summed E-state index contributed by atoms with van der Waals surface area (Å²) in [5.41, 5.74) is 10.7. The SMILES string of the molecule is C=Cc1ccc(N)c(C(=N)/C=C/c2ccc(F)cc2F)c1CC.CNCc1ccsc1. The zero-order chi connectivity index (χ0) is 22.8. The smallest absolute Gasteiger partial charge is 0.133 e. The second-order valence-corrected chi connectivity index (χ2v) is 7.51. The maximum absolute atomic E-state index is 13.6. The van der Waals surface area contributed by atoms with Crippen molar-refractivity contribution in [2.24, 2.45) is 0 Å². The molecule has 3 rings (SSSR count). The number of thiophene rings is 1. The average Bonchev–Trinajstić information content (AvgIpc) is 3.26. The summed E-state index contributed by atoms with van der Waals surface area (Å²) in [5.74, 6) is -1.30. The van der Waals surface area contributed by atoms with Gasteiger partial charge in [-0.3, -0.25) is 0 Å². The lowest BCUT2D eigenvalue weighted by molar-refractivity contribution is 0.581. The number of nitrogens with two attached hydrogens (primary N) is 1. The summed E-state index contributed by atoms with van der Waals surface area (Å²) in [4.78, 5) is 0. The summed E-state index contributed by atoms with van der Waals surface area (Å²) in [5, 5.41) is 15.6. The highest BCUT2D eigenvalue weighted by molar-refractivity contribution is 7.07. The fourth-order valence-electron chi connectivity index (χ4n) is 3.06. The van der Waals surface area contributed by atoms with Crippen LogP contribution in [0.4, 0.5) is 14.5 Å². The number of benzene rings is 2. The van der Waals surface area contributed by atoms with Crippen LogP contribution in [0.5, 0.6) is 0 Å². The Bertz CT molecular complexity index is 1060. The molecular weight excluding hydrogens is 412 g/mol. The Morgan fingerprint density at radius 3 is 2.52 bits per heavy atom. The Balaban J connectivity index is 0.000000357. The molecular formula is C25H27F2N3S. The maximum Gasteiger partial charge on any atom is 0.133 e. The van der Waals surface area contributed by atoms with Crippen molar-refractivity contribution < 1.29 is 8.78 Å². The molecule has 0 amide bonds. The van der Waals surface area contributed by atoms with Gasteiger partial charge in [0.25, 0.3) is 0 Å². The van der Waals surface area contributed by atoms with Crippen LogP contribution in [-0.2, 0) is 13.0 Å². The third kappa shape index (κ3) is 6.70. The minimum absolute atomic E-state index is 0.173. The van der Waals surface area contributed by atoms with Gasteiger partial charge in [0.05, 0.1) is 5.71 Å². The molecule has 0 unspecified atom stereocenters. The normalized spacial score (nSPS) is 10.6. The number of nitrogen functional groups attached to an aromatic ring is 1. The highest BCUT2D eigenvalue weighted by atomic mass is 32.1. The number of allylic oxidation sites excluding steroid dienone is 1. The first-order valence-corrected chi connectivity index (χ1v) is 10.8. The van der Waals surface area contributed by atoms with Crippen molar-refractivity contribution in [3.8, 4) is 0 Å². The molecule has 0 aliphatic rings. The van der Waals surface area contributed by atoms with Crippen molar-refractivity contribution >= 4 is 34.9 Å². The lowest BCUT2D eigenvalue weighted by atomic mass is 9.93. The molecule has 3 nitrogen and oxygen atoms in total. The van der Waals surface area contributed by atoms with Crippen molar-refractivity contribution in [2.75, 3.05) is 12.8 Å². The first-order chi connectivity index (χ1) is 14.9. The highest BCUT2D eigenvalue weighted by Gasteiger charge is 2.12. The molecule has 0 radical (unpaired) electrons. The molecule has 6 heteroatoms. The maximum atomic E-state index is 13.6. The summed E-state index contributed by atoms with van der Waals surface area (Å²) < 4.78 is 26.6. The van der Waals surface area contributed by atoms with E-state index in [-0.39, 0.29) is 11.3 Å². The molecule has 0 atom stereocenters. The van der Waals surface area contributed by atoms with E-state index in [2.05, 4.69) is 28.7 Å². The van der Waals surface area contributed by atoms with Crippen molar-refractivity contribution in [2.45, 2.75) is 19.9 Å². The van der Waals surface area contributed by atoms with Crippen molar-refractivity contribution in [3.63, 3.8) is 0 Å². The molecule has 0 saturated heterocycles. The monoisotopic (exact) mass is 439 g/mol. The van der Waals surface area contributed by atoms with E-state index < -0.39 is 11.6 Å². The molecule has 162 valence electrons. The fourth-order valence-corrected chi connectivity index (χ4v) is 3.73. The van der Waals surface area contributed by atoms with E-state index in [0.717, 1.165) is 23.7 Å². The largest absolute Gasteiger partial charge is 0.398 e. The Morgan fingerprint density at radius 1 is 1.19 bits per heavy atom. The highest BCUT2D eigenvalue weighted by Crippen LogP contribution is 2.24. The van der Waals surface area contributed by atoms with Crippen LogP contribution < -0.4 is 11.1 Å². The summed E-state index contributed by atoms with van der Waals surface area (Å²) >= 11 is 1.74. The lowest BCUT2D eigenvalue weighted by Gasteiger charge is -2.13. The first kappa shape index (κ1) is 24.2. The van der Waals surface area contributed by atoms with Gasteiger partial charge in [0.2, 0.25) is 0 Å². The Kier molecular flexibility index (Phi) is 9.31. The van der Waals surface area contributed by atoms with Crippen LogP contribution in [0.2, 0.25) is 0 Å². The van der Waals surface area contributed by atoms with Crippen molar-refractivity contribution in [1.29, 1.82) is 5.41 Å². The van der Waals surface area contributed by atoms with E-state index >= 15 is 0 Å². The van der Waals surface area contributed by atoms with Gasteiger partial charge >= 0.3 is 0 Å². The molecule has 31 heavy (non-hydrogen) atoms. The van der Waals surface area contributed by atoms with Crippen LogP contribution >= 0.6 is 11.3 Å². The number of hydrogen-bond donors (Lipinski definition) is 3. The topological polar surface area (TPSA) is 61.9 Å². The summed E-state index contributed by atoms with van der Waals surface area (Å²) in [6.45, 7) is 6.73. The van der Waals surface area contributed by atoms with Gasteiger partial charge in [0, 0.05) is 29.4 Å². The molecule has 0 spiro atoms. The van der Waals surface area contributed by atoms with Gasteiger partial charge in [-0.2, -0.15) is 11.3 Å². The Hall–Kier alpha value is -3.09. The third-order valence-corrected chi connectivity index (χ3v) is 5.31. The first-order valence-electron chi connectivity index (χ1n) is 9.82. The quantitative estimate of drug-likeness (QED) is 0.299. The molecule has 2 aromatic carbocycles. The lowest BCUT2D eigenvalue weighted by Crippen LogP contribution is -2.07. The second kappa shape index (κ2) is 11.9. The molecule has 4 N–H and O–H groups in total. The molecule has 0 saturated carbocycles. The molecule has 1 aromatic heterocycles. The zero-order valence-electron chi connectivity index (χ0n) is 17.7. The summed E-state index contributed by atoms with van der Waals surface area (Å²) in [7, 11) is 1.96. The zero-order valence-corrected chi connectivity index (χ0v) is 18.5. The minimum Gasteiger partial charge on any atom is -0.398 e. The van der Waals surface area contributed by atoms with Crippen LogP contribution in [0.1, 0.15) is 34.7 Å². The number of nitrogens with one attached hydrogen (secondary N) is 2. The van der Waals surface area contributed by atoms with E-state index in [1.54, 1.807) is 23.5 Å². The number of hydrogen-bond acceptors (Lipinski definition) is 4. The van der Waals surface area contributed by atoms with E-state index in [9.17, 15) is 8.78 Å². The number of halogens is 2. The minimum atomic E-state index is -0.669. The van der Waals surface area contributed by atoms with Crippen molar-refractivity contribution in [3.05, 3.63) is 99.3 Å². The standard InChI is InChI=1S/C19H18F2N2.C6H9NS/c1-3-12-6-9-17(22)19(15(12)4-2)18(23)10-7-13-5-8-14(20)11-16(13)21;1-7-4-6-2-3-8-5-6/h3,5-11,23H,1,4,22H2,2H3;2-3,5,7H,4H2,1H3/b10-7+,23-18?;. The average molecular weight is 440 g/mol. The molecule has 1 heterocycles. The predicted molar refractivity (Wildman–Crippen MR) is 130 cm³/mol. The van der Waals surface area contributed by atoms with E-state index in [4.69, 9.17) is 11.1 Å². The second-order valence-electron chi connectivity index (χ2n) is 6.73. The number of anilines is 1. The van der Waals surface area contributed by atoms with Gasteiger partial charge in [-0.1, -0.05) is 25.6 Å². The van der Waals surface area contributed by atoms with Crippen LogP contribution in [0.15, 0.2) is 59.8 Å².